The van der Waals surface area contributed by atoms with Crippen LogP contribution in [0.1, 0.15) is 31.4 Å². The number of benzene rings is 1. The molecule has 0 radical (unpaired) electrons. The van der Waals surface area contributed by atoms with Gasteiger partial charge in [-0.25, -0.2) is 4.39 Å². The van der Waals surface area contributed by atoms with E-state index in [0.29, 0.717) is 11.6 Å². The number of rotatable bonds is 5. The Hall–Kier alpha value is -1.15. The van der Waals surface area contributed by atoms with E-state index in [1.807, 2.05) is 12.1 Å². The SMILES string of the molecule is CCCNC(C)/C=C/c1ccc(C)c(F)c1. The second-order valence-corrected chi connectivity index (χ2v) is 4.11. The van der Waals surface area contributed by atoms with Gasteiger partial charge in [-0.3, -0.25) is 0 Å². The van der Waals surface area contributed by atoms with E-state index in [4.69, 9.17) is 0 Å². The maximum Gasteiger partial charge on any atom is 0.126 e. The molecule has 1 N–H and O–H groups in total. The van der Waals surface area contributed by atoms with Crippen molar-refractivity contribution >= 4 is 6.08 Å². The highest BCUT2D eigenvalue weighted by molar-refractivity contribution is 5.50. The number of aryl methyl sites for hydroxylation is 1. The molecule has 1 aromatic carbocycles. The van der Waals surface area contributed by atoms with Crippen molar-refractivity contribution in [3.05, 3.63) is 41.2 Å². The summed E-state index contributed by atoms with van der Waals surface area (Å²) >= 11 is 0. The number of hydrogen-bond donors (Lipinski definition) is 1. The quantitative estimate of drug-likeness (QED) is 0.802. The molecule has 0 aromatic heterocycles. The lowest BCUT2D eigenvalue weighted by atomic mass is 10.1. The number of hydrogen-bond acceptors (Lipinski definition) is 1. The van der Waals surface area contributed by atoms with Gasteiger partial charge in [-0.15, -0.1) is 0 Å². The molecule has 0 aliphatic rings. The van der Waals surface area contributed by atoms with Crippen LogP contribution in [0.4, 0.5) is 4.39 Å². The highest BCUT2D eigenvalue weighted by Crippen LogP contribution is 2.10. The lowest BCUT2D eigenvalue weighted by Gasteiger charge is -2.07. The number of halogens is 1. The third-order valence-corrected chi connectivity index (χ3v) is 2.49. The fourth-order valence-electron chi connectivity index (χ4n) is 1.41. The van der Waals surface area contributed by atoms with Gasteiger partial charge in [0.2, 0.25) is 0 Å². The third-order valence-electron chi connectivity index (χ3n) is 2.49. The van der Waals surface area contributed by atoms with Crippen LogP contribution in [0.5, 0.6) is 0 Å². The summed E-state index contributed by atoms with van der Waals surface area (Å²) in [5.41, 5.74) is 1.60. The first kappa shape index (κ1) is 12.9. The van der Waals surface area contributed by atoms with Crippen molar-refractivity contribution in [3.8, 4) is 0 Å². The Morgan fingerprint density at radius 3 is 2.81 bits per heavy atom. The Morgan fingerprint density at radius 1 is 1.44 bits per heavy atom. The molecule has 0 fully saturated rings. The van der Waals surface area contributed by atoms with Gasteiger partial charge in [0.05, 0.1) is 0 Å². The molecule has 1 unspecified atom stereocenters. The summed E-state index contributed by atoms with van der Waals surface area (Å²) in [5.74, 6) is -0.142. The molecule has 88 valence electrons. The van der Waals surface area contributed by atoms with Crippen LogP contribution in [0.3, 0.4) is 0 Å². The second kappa shape index (κ2) is 6.44. The predicted molar refractivity (Wildman–Crippen MR) is 67.9 cm³/mol. The average Bonchev–Trinajstić information content (AvgIpc) is 2.28. The molecule has 0 aliphatic heterocycles. The summed E-state index contributed by atoms with van der Waals surface area (Å²) in [6, 6.07) is 5.63. The summed E-state index contributed by atoms with van der Waals surface area (Å²) < 4.78 is 13.3. The molecule has 0 amide bonds. The van der Waals surface area contributed by atoms with Gasteiger partial charge in [-0.05, 0) is 44.0 Å². The highest BCUT2D eigenvalue weighted by atomic mass is 19.1. The van der Waals surface area contributed by atoms with Crippen molar-refractivity contribution < 1.29 is 4.39 Å². The Morgan fingerprint density at radius 2 is 2.19 bits per heavy atom. The van der Waals surface area contributed by atoms with Gasteiger partial charge >= 0.3 is 0 Å². The Balaban J connectivity index is 2.58. The molecule has 0 saturated carbocycles. The van der Waals surface area contributed by atoms with Gasteiger partial charge in [0, 0.05) is 6.04 Å². The van der Waals surface area contributed by atoms with Gasteiger partial charge < -0.3 is 5.32 Å². The van der Waals surface area contributed by atoms with Crippen molar-refractivity contribution in [1.82, 2.24) is 5.32 Å². The lowest BCUT2D eigenvalue weighted by molar-refractivity contribution is 0.617. The highest BCUT2D eigenvalue weighted by Gasteiger charge is 1.97. The van der Waals surface area contributed by atoms with E-state index < -0.39 is 0 Å². The number of nitrogens with one attached hydrogen (secondary N) is 1. The van der Waals surface area contributed by atoms with Gasteiger partial charge in [-0.1, -0.05) is 31.2 Å². The van der Waals surface area contributed by atoms with Crippen molar-refractivity contribution in [2.75, 3.05) is 6.54 Å². The smallest absolute Gasteiger partial charge is 0.126 e. The van der Waals surface area contributed by atoms with Crippen molar-refractivity contribution in [1.29, 1.82) is 0 Å². The Kier molecular flexibility index (Phi) is 5.20. The minimum Gasteiger partial charge on any atom is -0.311 e. The van der Waals surface area contributed by atoms with Gasteiger partial charge in [0.1, 0.15) is 5.82 Å². The van der Waals surface area contributed by atoms with Crippen molar-refractivity contribution in [3.63, 3.8) is 0 Å². The average molecular weight is 221 g/mol. The first-order valence-corrected chi connectivity index (χ1v) is 5.81. The lowest BCUT2D eigenvalue weighted by Crippen LogP contribution is -2.24. The van der Waals surface area contributed by atoms with Crippen LogP contribution in [0, 0.1) is 12.7 Å². The molecular formula is C14H20FN. The fraction of sp³-hybridized carbons (Fsp3) is 0.429. The topological polar surface area (TPSA) is 12.0 Å². The van der Waals surface area contributed by atoms with E-state index in [1.165, 1.54) is 0 Å². The van der Waals surface area contributed by atoms with E-state index in [0.717, 1.165) is 18.5 Å². The molecular weight excluding hydrogens is 201 g/mol. The molecule has 0 bridgehead atoms. The first-order chi connectivity index (χ1) is 7.63. The van der Waals surface area contributed by atoms with E-state index in [1.54, 1.807) is 19.1 Å². The molecule has 1 aromatic rings. The maximum absolute atomic E-state index is 13.3. The van der Waals surface area contributed by atoms with Crippen LogP contribution in [0.25, 0.3) is 6.08 Å². The van der Waals surface area contributed by atoms with Crippen molar-refractivity contribution in [2.24, 2.45) is 0 Å². The molecule has 2 heteroatoms. The normalized spacial score (nSPS) is 13.2. The zero-order valence-corrected chi connectivity index (χ0v) is 10.3. The van der Waals surface area contributed by atoms with E-state index in [-0.39, 0.29) is 5.82 Å². The minimum absolute atomic E-state index is 0.142. The van der Waals surface area contributed by atoms with Crippen molar-refractivity contribution in [2.45, 2.75) is 33.2 Å². The Bertz CT molecular complexity index is 358. The molecule has 1 nitrogen and oxygen atoms in total. The molecule has 0 saturated heterocycles. The van der Waals surface area contributed by atoms with Gasteiger partial charge in [-0.2, -0.15) is 0 Å². The summed E-state index contributed by atoms with van der Waals surface area (Å²) in [6.07, 6.45) is 5.13. The molecule has 1 rings (SSSR count). The summed E-state index contributed by atoms with van der Waals surface area (Å²) in [7, 11) is 0. The van der Waals surface area contributed by atoms with Crippen LogP contribution < -0.4 is 5.32 Å². The van der Waals surface area contributed by atoms with E-state index in [2.05, 4.69) is 25.2 Å². The van der Waals surface area contributed by atoms with Gasteiger partial charge in [0.15, 0.2) is 0 Å². The first-order valence-electron chi connectivity index (χ1n) is 5.81. The summed E-state index contributed by atoms with van der Waals surface area (Å²) in [6.45, 7) is 7.01. The predicted octanol–water partition coefficient (Wildman–Crippen LogP) is 3.54. The molecule has 16 heavy (non-hydrogen) atoms. The third kappa shape index (κ3) is 4.15. The molecule has 0 heterocycles. The summed E-state index contributed by atoms with van der Waals surface area (Å²) in [5, 5.41) is 3.35. The van der Waals surface area contributed by atoms with E-state index >= 15 is 0 Å². The van der Waals surface area contributed by atoms with Crippen LogP contribution in [0.15, 0.2) is 24.3 Å². The molecule has 0 spiro atoms. The Labute approximate surface area is 97.4 Å². The summed E-state index contributed by atoms with van der Waals surface area (Å²) in [4.78, 5) is 0. The minimum atomic E-state index is -0.142. The van der Waals surface area contributed by atoms with Crippen LogP contribution in [0.2, 0.25) is 0 Å². The maximum atomic E-state index is 13.3. The van der Waals surface area contributed by atoms with Crippen LogP contribution in [-0.2, 0) is 0 Å². The molecule has 0 aliphatic carbocycles. The largest absolute Gasteiger partial charge is 0.311 e. The van der Waals surface area contributed by atoms with Crippen LogP contribution in [-0.4, -0.2) is 12.6 Å². The fourth-order valence-corrected chi connectivity index (χ4v) is 1.41. The zero-order valence-electron chi connectivity index (χ0n) is 10.3. The molecule has 1 atom stereocenters. The monoisotopic (exact) mass is 221 g/mol. The zero-order chi connectivity index (χ0) is 12.0. The standard InChI is InChI=1S/C14H20FN/c1-4-9-16-12(3)6-8-13-7-5-11(2)14(15)10-13/h5-8,10,12,16H,4,9H2,1-3H3/b8-6+. The van der Waals surface area contributed by atoms with E-state index in [9.17, 15) is 4.39 Å². The van der Waals surface area contributed by atoms with Crippen LogP contribution >= 0.6 is 0 Å². The second-order valence-electron chi connectivity index (χ2n) is 4.11. The van der Waals surface area contributed by atoms with Gasteiger partial charge in [0.25, 0.3) is 0 Å².